The third-order valence-electron chi connectivity index (χ3n) is 2.49. The maximum Gasteiger partial charge on any atom is 0.333 e. The van der Waals surface area contributed by atoms with E-state index >= 15 is 0 Å². The van der Waals surface area contributed by atoms with Crippen molar-refractivity contribution in [2.45, 2.75) is 33.1 Å². The van der Waals surface area contributed by atoms with Crippen molar-refractivity contribution < 1.29 is 14.3 Å². The molecule has 6 heteroatoms. The van der Waals surface area contributed by atoms with Gasteiger partial charge >= 0.3 is 12.0 Å². The number of primary amides is 1. The van der Waals surface area contributed by atoms with Crippen molar-refractivity contribution in [1.82, 2.24) is 5.43 Å². The van der Waals surface area contributed by atoms with Crippen LogP contribution in [0.4, 0.5) is 4.79 Å². The largest absolute Gasteiger partial charge is 0.463 e. The summed E-state index contributed by atoms with van der Waals surface area (Å²) in [6.45, 7) is 4.02. The maximum atomic E-state index is 11.6. The van der Waals surface area contributed by atoms with Crippen LogP contribution in [0.2, 0.25) is 0 Å². The minimum absolute atomic E-state index is 0.257. The minimum Gasteiger partial charge on any atom is -0.463 e. The molecule has 1 aliphatic carbocycles. The first-order valence-electron chi connectivity index (χ1n) is 5.51. The van der Waals surface area contributed by atoms with Crippen LogP contribution in [0.25, 0.3) is 0 Å². The number of urea groups is 1. The fourth-order valence-electron chi connectivity index (χ4n) is 1.71. The SMILES string of the molecule is CCOC(=O)C1=C(C)C/C(=N/NC(N)=O)CC1. The number of nitrogens with two attached hydrogens (primary N) is 1. The molecule has 0 atom stereocenters. The molecule has 0 aromatic rings. The van der Waals surface area contributed by atoms with Gasteiger partial charge in [0.05, 0.1) is 6.61 Å². The van der Waals surface area contributed by atoms with Gasteiger partial charge in [-0.05, 0) is 26.7 Å². The van der Waals surface area contributed by atoms with Gasteiger partial charge < -0.3 is 10.5 Å². The summed E-state index contributed by atoms with van der Waals surface area (Å²) in [5, 5.41) is 3.88. The molecule has 6 nitrogen and oxygen atoms in total. The van der Waals surface area contributed by atoms with Crippen LogP contribution in [-0.4, -0.2) is 24.3 Å². The summed E-state index contributed by atoms with van der Waals surface area (Å²) in [4.78, 5) is 22.1. The number of hydrogen-bond acceptors (Lipinski definition) is 4. The van der Waals surface area contributed by atoms with Crippen molar-refractivity contribution in [3.8, 4) is 0 Å². The van der Waals surface area contributed by atoms with Gasteiger partial charge in [0.2, 0.25) is 0 Å². The second kappa shape index (κ2) is 6.03. The molecule has 94 valence electrons. The van der Waals surface area contributed by atoms with Gasteiger partial charge in [-0.3, -0.25) is 0 Å². The highest BCUT2D eigenvalue weighted by atomic mass is 16.5. The molecule has 1 aliphatic rings. The number of carbonyl (C=O) groups excluding carboxylic acids is 2. The van der Waals surface area contributed by atoms with E-state index in [1.54, 1.807) is 6.92 Å². The van der Waals surface area contributed by atoms with Crippen LogP contribution in [-0.2, 0) is 9.53 Å². The summed E-state index contributed by atoms with van der Waals surface area (Å²) in [6, 6.07) is -0.685. The highest BCUT2D eigenvalue weighted by Gasteiger charge is 2.20. The Labute approximate surface area is 99.9 Å². The van der Waals surface area contributed by atoms with E-state index in [1.807, 2.05) is 6.92 Å². The summed E-state index contributed by atoms with van der Waals surface area (Å²) in [5.41, 5.74) is 9.57. The quantitative estimate of drug-likeness (QED) is 0.570. The lowest BCUT2D eigenvalue weighted by Gasteiger charge is -2.18. The van der Waals surface area contributed by atoms with Gasteiger partial charge in [-0.2, -0.15) is 5.10 Å². The minimum atomic E-state index is -0.685. The van der Waals surface area contributed by atoms with Crippen molar-refractivity contribution >= 4 is 17.7 Å². The average Bonchev–Trinajstić information content (AvgIpc) is 2.26. The Morgan fingerprint density at radius 3 is 2.71 bits per heavy atom. The molecular weight excluding hydrogens is 222 g/mol. The number of allylic oxidation sites excluding steroid dienone is 1. The van der Waals surface area contributed by atoms with E-state index < -0.39 is 6.03 Å². The van der Waals surface area contributed by atoms with E-state index in [9.17, 15) is 9.59 Å². The number of carbonyl (C=O) groups is 2. The number of rotatable bonds is 3. The zero-order chi connectivity index (χ0) is 12.8. The Hall–Kier alpha value is -1.85. The van der Waals surface area contributed by atoms with Gasteiger partial charge in [0.25, 0.3) is 0 Å². The third kappa shape index (κ3) is 3.90. The normalized spacial score (nSPS) is 18.1. The fraction of sp³-hybridized carbons (Fsp3) is 0.545. The fourth-order valence-corrected chi connectivity index (χ4v) is 1.71. The highest BCUT2D eigenvalue weighted by molar-refractivity contribution is 5.96. The summed E-state index contributed by atoms with van der Waals surface area (Å²) in [5.74, 6) is -0.257. The molecule has 3 N–H and O–H groups in total. The van der Waals surface area contributed by atoms with Crippen molar-refractivity contribution in [2.75, 3.05) is 6.61 Å². The average molecular weight is 239 g/mol. The second-order valence-corrected chi connectivity index (χ2v) is 3.81. The number of nitrogens with zero attached hydrogens (tertiary/aromatic N) is 1. The summed E-state index contributed by atoms with van der Waals surface area (Å²) in [7, 11) is 0. The predicted molar refractivity (Wildman–Crippen MR) is 63.3 cm³/mol. The molecule has 2 amide bonds. The van der Waals surface area contributed by atoms with Gasteiger partial charge in [-0.1, -0.05) is 5.57 Å². The van der Waals surface area contributed by atoms with E-state index in [2.05, 4.69) is 10.5 Å². The van der Waals surface area contributed by atoms with Crippen LogP contribution in [0.1, 0.15) is 33.1 Å². The highest BCUT2D eigenvalue weighted by Crippen LogP contribution is 2.23. The first-order chi connectivity index (χ1) is 8.04. The van der Waals surface area contributed by atoms with Gasteiger partial charge in [0.15, 0.2) is 0 Å². The van der Waals surface area contributed by atoms with Gasteiger partial charge in [-0.25, -0.2) is 15.0 Å². The summed E-state index contributed by atoms with van der Waals surface area (Å²) in [6.07, 6.45) is 1.78. The Balaban J connectivity index is 2.68. The number of amides is 2. The molecule has 0 spiro atoms. The first kappa shape index (κ1) is 13.2. The molecule has 0 saturated heterocycles. The Kier molecular flexibility index (Phi) is 4.68. The van der Waals surface area contributed by atoms with Crippen molar-refractivity contribution in [3.63, 3.8) is 0 Å². The zero-order valence-electron chi connectivity index (χ0n) is 10.1. The smallest absolute Gasteiger partial charge is 0.333 e. The standard InChI is InChI=1S/C11H17N3O3/c1-3-17-10(15)9-5-4-8(6-7(9)2)13-14-11(12)16/h3-6H2,1-2H3,(H3,12,14,16)/b13-8+. The molecule has 1 rings (SSSR count). The van der Waals surface area contributed by atoms with E-state index in [1.165, 1.54) is 0 Å². The monoisotopic (exact) mass is 239 g/mol. The molecule has 0 aromatic heterocycles. The number of ether oxygens (including phenoxy) is 1. The van der Waals surface area contributed by atoms with Crippen LogP contribution in [0.5, 0.6) is 0 Å². The van der Waals surface area contributed by atoms with Crippen LogP contribution >= 0.6 is 0 Å². The van der Waals surface area contributed by atoms with Crippen LogP contribution in [0, 0.1) is 0 Å². The molecular formula is C11H17N3O3. The second-order valence-electron chi connectivity index (χ2n) is 3.81. The lowest BCUT2D eigenvalue weighted by atomic mass is 9.91. The molecule has 0 unspecified atom stereocenters. The molecule has 0 aliphatic heterocycles. The molecule has 0 aromatic carbocycles. The topological polar surface area (TPSA) is 93.8 Å². The molecule has 0 fully saturated rings. The molecule has 0 saturated carbocycles. The number of esters is 1. The van der Waals surface area contributed by atoms with Crippen molar-refractivity contribution in [3.05, 3.63) is 11.1 Å². The predicted octanol–water partition coefficient (Wildman–Crippen LogP) is 1.07. The Bertz CT molecular complexity index is 385. The van der Waals surface area contributed by atoms with E-state index in [4.69, 9.17) is 10.5 Å². The number of hydrogen-bond donors (Lipinski definition) is 2. The van der Waals surface area contributed by atoms with Gasteiger partial charge in [-0.15, -0.1) is 0 Å². The van der Waals surface area contributed by atoms with E-state index in [0.29, 0.717) is 31.4 Å². The summed E-state index contributed by atoms with van der Waals surface area (Å²) < 4.78 is 4.96. The Morgan fingerprint density at radius 2 is 2.18 bits per heavy atom. The maximum absolute atomic E-state index is 11.6. The van der Waals surface area contributed by atoms with Gasteiger partial charge in [0, 0.05) is 17.7 Å². The third-order valence-corrected chi connectivity index (χ3v) is 2.49. The molecule has 0 heterocycles. The lowest BCUT2D eigenvalue weighted by molar-refractivity contribution is -0.138. The van der Waals surface area contributed by atoms with Crippen molar-refractivity contribution in [2.24, 2.45) is 10.8 Å². The molecule has 17 heavy (non-hydrogen) atoms. The lowest BCUT2D eigenvalue weighted by Crippen LogP contribution is -2.27. The first-order valence-corrected chi connectivity index (χ1v) is 5.51. The zero-order valence-corrected chi connectivity index (χ0v) is 10.1. The number of hydrazone groups is 1. The van der Waals surface area contributed by atoms with Crippen LogP contribution in [0.3, 0.4) is 0 Å². The van der Waals surface area contributed by atoms with Crippen LogP contribution < -0.4 is 11.2 Å². The Morgan fingerprint density at radius 1 is 1.47 bits per heavy atom. The summed E-state index contributed by atoms with van der Waals surface area (Å²) >= 11 is 0. The van der Waals surface area contributed by atoms with Gasteiger partial charge in [0.1, 0.15) is 0 Å². The van der Waals surface area contributed by atoms with Crippen LogP contribution in [0.15, 0.2) is 16.2 Å². The van der Waals surface area contributed by atoms with E-state index in [0.717, 1.165) is 11.3 Å². The van der Waals surface area contributed by atoms with E-state index in [-0.39, 0.29) is 5.97 Å². The molecule has 0 bridgehead atoms. The number of nitrogens with one attached hydrogen (secondary N) is 1. The molecule has 0 radical (unpaired) electrons. The van der Waals surface area contributed by atoms with Crippen molar-refractivity contribution in [1.29, 1.82) is 0 Å².